The van der Waals surface area contributed by atoms with Crippen LogP contribution in [0.3, 0.4) is 0 Å². The Morgan fingerprint density at radius 2 is 2.00 bits per heavy atom. The minimum atomic E-state index is -0.370. The topological polar surface area (TPSA) is 76.2 Å². The first-order valence-corrected chi connectivity index (χ1v) is 7.21. The first-order valence-electron chi connectivity index (χ1n) is 7.21. The third-order valence-corrected chi connectivity index (χ3v) is 4.69. The number of anilines is 1. The van der Waals surface area contributed by atoms with E-state index >= 15 is 0 Å². The zero-order valence-corrected chi connectivity index (χ0v) is 12.0. The molecule has 2 aliphatic heterocycles. The fraction of sp³-hybridized carbons (Fsp3) is 0.769. The molecule has 3 rings (SSSR count). The van der Waals surface area contributed by atoms with Crippen LogP contribution in [0, 0.1) is 10.1 Å². The average Bonchev–Trinajstić information content (AvgIpc) is 2.72. The molecular weight excluding hydrogens is 258 g/mol. The zero-order chi connectivity index (χ0) is 14.3. The van der Waals surface area contributed by atoms with Gasteiger partial charge in [-0.15, -0.1) is 5.10 Å². The summed E-state index contributed by atoms with van der Waals surface area (Å²) in [5.74, 6) is 0.408. The van der Waals surface area contributed by atoms with Gasteiger partial charge in [-0.2, -0.15) is 0 Å². The molecule has 7 heteroatoms. The van der Waals surface area contributed by atoms with Gasteiger partial charge < -0.3 is 10.2 Å². The fourth-order valence-corrected chi connectivity index (χ4v) is 3.64. The Bertz CT molecular complexity index is 501. The lowest BCUT2D eigenvalue weighted by atomic mass is 9.82. The Morgan fingerprint density at radius 1 is 1.35 bits per heavy atom. The van der Waals surface area contributed by atoms with Crippen LogP contribution in [0.2, 0.25) is 0 Å². The quantitative estimate of drug-likeness (QED) is 0.674. The molecule has 2 atom stereocenters. The normalized spacial score (nSPS) is 30.2. The van der Waals surface area contributed by atoms with Crippen LogP contribution in [-0.4, -0.2) is 44.8 Å². The van der Waals surface area contributed by atoms with Crippen molar-refractivity contribution in [3.8, 4) is 0 Å². The van der Waals surface area contributed by atoms with Gasteiger partial charge in [-0.1, -0.05) is 6.42 Å². The first-order chi connectivity index (χ1) is 9.54. The van der Waals surface area contributed by atoms with Gasteiger partial charge in [0.2, 0.25) is 5.82 Å². The zero-order valence-electron chi connectivity index (χ0n) is 12.0. The first kappa shape index (κ1) is 13.4. The van der Waals surface area contributed by atoms with E-state index in [1.165, 1.54) is 30.1 Å². The molecule has 7 nitrogen and oxygen atoms in total. The van der Waals surface area contributed by atoms with E-state index in [0.29, 0.717) is 17.9 Å². The van der Waals surface area contributed by atoms with Crippen LogP contribution >= 0.6 is 0 Å². The van der Waals surface area contributed by atoms with Gasteiger partial charge in [0.25, 0.3) is 0 Å². The van der Waals surface area contributed by atoms with Gasteiger partial charge in [0.1, 0.15) is 6.20 Å². The third kappa shape index (κ3) is 2.37. The number of nitrogens with one attached hydrogen (secondary N) is 1. The van der Waals surface area contributed by atoms with Gasteiger partial charge in [0, 0.05) is 25.2 Å². The number of hydrogen-bond acceptors (Lipinski definition) is 5. The Morgan fingerprint density at radius 3 is 2.60 bits per heavy atom. The lowest BCUT2D eigenvalue weighted by molar-refractivity contribution is -0.384. The highest BCUT2D eigenvalue weighted by Gasteiger charge is 2.36. The molecule has 0 radical (unpaired) electrons. The van der Waals surface area contributed by atoms with Gasteiger partial charge in [-0.25, -0.2) is 0 Å². The van der Waals surface area contributed by atoms with E-state index in [0.717, 1.165) is 12.8 Å². The van der Waals surface area contributed by atoms with Gasteiger partial charge in [-0.3, -0.25) is 14.8 Å². The maximum atomic E-state index is 11.0. The molecule has 1 aromatic rings. The maximum absolute atomic E-state index is 11.0. The smallest absolute Gasteiger partial charge is 0.330 e. The van der Waals surface area contributed by atoms with Gasteiger partial charge in [0.15, 0.2) is 0 Å². The molecule has 3 heterocycles. The summed E-state index contributed by atoms with van der Waals surface area (Å²) in [6, 6.07) is 1.49. The third-order valence-electron chi connectivity index (χ3n) is 4.69. The summed E-state index contributed by atoms with van der Waals surface area (Å²) in [7, 11) is 3.91. The highest BCUT2D eigenvalue weighted by atomic mass is 16.6. The van der Waals surface area contributed by atoms with Crippen LogP contribution < -0.4 is 5.32 Å². The second-order valence-electron chi connectivity index (χ2n) is 6.01. The largest absolute Gasteiger partial charge is 0.360 e. The molecule has 0 aliphatic carbocycles. The summed E-state index contributed by atoms with van der Waals surface area (Å²) in [6.07, 6.45) is 7.31. The Hall–Kier alpha value is -1.63. The molecule has 2 bridgehead atoms. The number of hydrogen-bond donors (Lipinski definition) is 1. The van der Waals surface area contributed by atoms with Crippen molar-refractivity contribution in [3.05, 3.63) is 16.3 Å². The molecule has 2 aliphatic rings. The SMILES string of the molecule is CN1C2CCCC1CC(Nc1nn(C)cc1[N+](=O)[O-])C2. The summed E-state index contributed by atoms with van der Waals surface area (Å²) >= 11 is 0. The van der Waals surface area contributed by atoms with Crippen molar-refractivity contribution in [2.24, 2.45) is 7.05 Å². The van der Waals surface area contributed by atoms with Crippen molar-refractivity contribution in [1.29, 1.82) is 0 Å². The lowest BCUT2D eigenvalue weighted by Crippen LogP contribution is -2.52. The van der Waals surface area contributed by atoms with Crippen LogP contribution in [-0.2, 0) is 7.05 Å². The maximum Gasteiger partial charge on any atom is 0.330 e. The van der Waals surface area contributed by atoms with E-state index in [1.54, 1.807) is 7.05 Å². The van der Waals surface area contributed by atoms with E-state index < -0.39 is 0 Å². The number of aryl methyl sites for hydroxylation is 1. The molecular formula is C13H21N5O2. The minimum Gasteiger partial charge on any atom is -0.360 e. The molecule has 0 saturated carbocycles. The summed E-state index contributed by atoms with van der Waals surface area (Å²) in [5.41, 5.74) is 0.0663. The molecule has 0 amide bonds. The highest BCUT2D eigenvalue weighted by molar-refractivity contribution is 5.55. The number of nitro groups is 1. The van der Waals surface area contributed by atoms with E-state index in [-0.39, 0.29) is 16.7 Å². The van der Waals surface area contributed by atoms with Crippen molar-refractivity contribution >= 4 is 11.5 Å². The second-order valence-corrected chi connectivity index (χ2v) is 6.01. The van der Waals surface area contributed by atoms with Crippen LogP contribution in [0.1, 0.15) is 32.1 Å². The predicted octanol–water partition coefficient (Wildman–Crippen LogP) is 1.76. The molecule has 110 valence electrons. The van der Waals surface area contributed by atoms with E-state index in [4.69, 9.17) is 0 Å². The number of rotatable bonds is 3. The predicted molar refractivity (Wildman–Crippen MR) is 75.7 cm³/mol. The van der Waals surface area contributed by atoms with Gasteiger partial charge in [0.05, 0.1) is 4.92 Å². The Balaban J connectivity index is 1.74. The standard InChI is InChI=1S/C13H21N5O2/c1-16-8-12(18(19)20)13(15-16)14-9-6-10-4-3-5-11(7-9)17(10)2/h8-11H,3-7H2,1-2H3,(H,14,15). The average molecular weight is 279 g/mol. The number of fused-ring (bicyclic) bond motifs is 2. The molecule has 0 aromatic carbocycles. The molecule has 1 aromatic heterocycles. The molecule has 2 fully saturated rings. The molecule has 2 saturated heterocycles. The summed E-state index contributed by atoms with van der Waals surface area (Å²) in [6.45, 7) is 0. The summed E-state index contributed by atoms with van der Waals surface area (Å²) < 4.78 is 1.50. The minimum absolute atomic E-state index is 0.0663. The highest BCUT2D eigenvalue weighted by Crippen LogP contribution is 2.34. The van der Waals surface area contributed by atoms with Crippen molar-refractivity contribution in [2.75, 3.05) is 12.4 Å². The van der Waals surface area contributed by atoms with Crippen LogP contribution in [0.25, 0.3) is 0 Å². The van der Waals surface area contributed by atoms with Gasteiger partial charge in [-0.05, 0) is 32.7 Å². The van der Waals surface area contributed by atoms with Crippen LogP contribution in [0.5, 0.6) is 0 Å². The number of piperidine rings is 2. The lowest BCUT2D eigenvalue weighted by Gasteiger charge is -2.47. The van der Waals surface area contributed by atoms with E-state index in [1.807, 2.05) is 0 Å². The van der Waals surface area contributed by atoms with E-state index in [9.17, 15) is 10.1 Å². The monoisotopic (exact) mass is 279 g/mol. The summed E-state index contributed by atoms with van der Waals surface area (Å²) in [5, 5.41) is 18.5. The van der Waals surface area contributed by atoms with E-state index in [2.05, 4.69) is 22.4 Å². The molecule has 0 spiro atoms. The molecule has 2 unspecified atom stereocenters. The molecule has 20 heavy (non-hydrogen) atoms. The van der Waals surface area contributed by atoms with Crippen LogP contribution in [0.15, 0.2) is 6.20 Å². The number of nitrogens with zero attached hydrogens (tertiary/aromatic N) is 4. The Kier molecular flexibility index (Phi) is 3.37. The summed E-state index contributed by atoms with van der Waals surface area (Å²) in [4.78, 5) is 13.1. The number of aromatic nitrogens is 2. The fourth-order valence-electron chi connectivity index (χ4n) is 3.64. The van der Waals surface area contributed by atoms with Crippen molar-refractivity contribution in [2.45, 2.75) is 50.2 Å². The Labute approximate surface area is 118 Å². The van der Waals surface area contributed by atoms with Crippen molar-refractivity contribution in [3.63, 3.8) is 0 Å². The van der Waals surface area contributed by atoms with Crippen molar-refractivity contribution < 1.29 is 4.92 Å². The van der Waals surface area contributed by atoms with Crippen LogP contribution in [0.4, 0.5) is 11.5 Å². The van der Waals surface area contributed by atoms with Crippen molar-refractivity contribution in [1.82, 2.24) is 14.7 Å². The molecule has 1 N–H and O–H groups in total. The second kappa shape index (κ2) is 5.05. The van der Waals surface area contributed by atoms with Gasteiger partial charge >= 0.3 is 5.69 Å².